The number of alkyl halides is 3. The first-order valence-corrected chi connectivity index (χ1v) is 8.84. The normalized spacial score (nSPS) is 19.8. The molecule has 1 fully saturated rings. The number of halogens is 3. The van der Waals surface area contributed by atoms with E-state index in [1.54, 1.807) is 29.2 Å². The molecule has 3 nitrogen and oxygen atoms in total. The van der Waals surface area contributed by atoms with Crippen LogP contribution in [0.1, 0.15) is 24.0 Å². The average Bonchev–Trinajstić information content (AvgIpc) is 3.04. The topological polar surface area (TPSA) is 36.3 Å². The van der Waals surface area contributed by atoms with E-state index in [0.717, 1.165) is 16.9 Å². The summed E-state index contributed by atoms with van der Waals surface area (Å²) in [6.07, 6.45) is -4.21. The molecule has 3 rings (SSSR count). The van der Waals surface area contributed by atoms with Gasteiger partial charge in [0.25, 0.3) is 0 Å². The van der Waals surface area contributed by atoms with Gasteiger partial charge < -0.3 is 9.64 Å². The second-order valence-electron chi connectivity index (χ2n) is 6.94. The fourth-order valence-corrected chi connectivity index (χ4v) is 3.44. The van der Waals surface area contributed by atoms with Crippen LogP contribution < -0.4 is 9.64 Å². The summed E-state index contributed by atoms with van der Waals surface area (Å²) in [7, 11) is 0. The van der Waals surface area contributed by atoms with E-state index in [-0.39, 0.29) is 19.4 Å². The number of hydrogen-bond donors (Lipinski definition) is 0. The van der Waals surface area contributed by atoms with E-state index in [9.17, 15) is 13.2 Å². The Kier molecular flexibility index (Phi) is 5.31. The summed E-state index contributed by atoms with van der Waals surface area (Å²) in [5.74, 6) is -0.0269. The fourth-order valence-electron chi connectivity index (χ4n) is 3.44. The van der Waals surface area contributed by atoms with E-state index >= 15 is 0 Å². The van der Waals surface area contributed by atoms with Gasteiger partial charge in [-0.1, -0.05) is 12.1 Å². The molecule has 0 N–H and O–H groups in total. The lowest BCUT2D eigenvalue weighted by atomic mass is 10.0. The van der Waals surface area contributed by atoms with Crippen molar-refractivity contribution in [2.45, 2.75) is 38.9 Å². The van der Waals surface area contributed by atoms with E-state index in [2.05, 4.69) is 0 Å². The van der Waals surface area contributed by atoms with Crippen LogP contribution in [-0.4, -0.2) is 18.8 Å². The molecule has 2 atom stereocenters. The van der Waals surface area contributed by atoms with E-state index < -0.39 is 18.1 Å². The third kappa shape index (κ3) is 4.19. The van der Waals surface area contributed by atoms with Gasteiger partial charge in [0, 0.05) is 18.3 Å². The van der Waals surface area contributed by atoms with E-state index in [4.69, 9.17) is 10.00 Å². The molecular formula is C21H21F3N2O. The lowest BCUT2D eigenvalue weighted by molar-refractivity contribution is -0.168. The molecule has 6 heteroatoms. The zero-order valence-corrected chi connectivity index (χ0v) is 15.3. The summed E-state index contributed by atoms with van der Waals surface area (Å²) in [6, 6.07) is 14.4. The van der Waals surface area contributed by atoms with Gasteiger partial charge >= 0.3 is 6.18 Å². The summed E-state index contributed by atoms with van der Waals surface area (Å²) in [5.41, 5.74) is 2.84. The predicted molar refractivity (Wildman–Crippen MR) is 98.0 cm³/mol. The molecule has 142 valence electrons. The van der Waals surface area contributed by atoms with Crippen molar-refractivity contribution >= 4 is 5.69 Å². The van der Waals surface area contributed by atoms with Crippen molar-refractivity contribution < 1.29 is 17.9 Å². The number of ether oxygens (including phenoxy) is 1. The largest absolute Gasteiger partial charge is 0.457 e. The fraction of sp³-hybridized carbons (Fsp3) is 0.381. The maximum atomic E-state index is 13.1. The van der Waals surface area contributed by atoms with Gasteiger partial charge in [-0.15, -0.1) is 0 Å². The number of aryl methyl sites for hydroxylation is 1. The monoisotopic (exact) mass is 374 g/mol. The highest BCUT2D eigenvalue weighted by atomic mass is 19.4. The molecule has 0 bridgehead atoms. The van der Waals surface area contributed by atoms with Gasteiger partial charge in [0.15, 0.2) is 0 Å². The molecule has 0 aromatic heterocycles. The standard InChI is InChI=1S/C21H21F3N2O/c1-14-4-3-5-20(15(14)2)27-19-8-6-17(7-9-19)26-13-16(21(22,23)24)12-18(26)10-11-25/h3-9,16,18H,10,12-13H2,1-2H3/t16-,18+/m0/s1. The van der Waals surface area contributed by atoms with Crippen molar-refractivity contribution in [1.29, 1.82) is 5.26 Å². The minimum absolute atomic E-state index is 0.0439. The predicted octanol–water partition coefficient (Wildman–Crippen LogP) is 5.77. The Morgan fingerprint density at radius 3 is 2.48 bits per heavy atom. The molecule has 0 aliphatic carbocycles. The Morgan fingerprint density at radius 1 is 1.15 bits per heavy atom. The molecule has 1 aliphatic heterocycles. The molecule has 0 spiro atoms. The van der Waals surface area contributed by atoms with Crippen LogP contribution >= 0.6 is 0 Å². The lowest BCUT2D eigenvalue weighted by Gasteiger charge is -2.25. The van der Waals surface area contributed by atoms with Gasteiger partial charge in [-0.3, -0.25) is 0 Å². The molecule has 2 aromatic rings. The van der Waals surface area contributed by atoms with E-state index in [0.29, 0.717) is 11.4 Å². The summed E-state index contributed by atoms with van der Waals surface area (Å²) >= 11 is 0. The number of nitriles is 1. The number of benzene rings is 2. The van der Waals surface area contributed by atoms with Crippen LogP contribution in [0.4, 0.5) is 18.9 Å². The van der Waals surface area contributed by atoms with Crippen LogP contribution in [0.5, 0.6) is 11.5 Å². The molecule has 0 amide bonds. The SMILES string of the molecule is Cc1cccc(Oc2ccc(N3C[C@@H](C(F)(F)F)C[C@H]3CC#N)cc2)c1C. The highest BCUT2D eigenvalue weighted by Gasteiger charge is 2.47. The average molecular weight is 374 g/mol. The summed E-state index contributed by atoms with van der Waals surface area (Å²) in [5, 5.41) is 8.96. The van der Waals surface area contributed by atoms with Crippen LogP contribution in [0.15, 0.2) is 42.5 Å². The van der Waals surface area contributed by atoms with Gasteiger partial charge in [0.2, 0.25) is 0 Å². The smallest absolute Gasteiger partial charge is 0.393 e. The third-order valence-electron chi connectivity index (χ3n) is 5.16. The summed E-state index contributed by atoms with van der Waals surface area (Å²) in [6.45, 7) is 3.87. The Morgan fingerprint density at radius 2 is 1.85 bits per heavy atom. The van der Waals surface area contributed by atoms with Crippen molar-refractivity contribution in [2.24, 2.45) is 5.92 Å². The summed E-state index contributed by atoms with van der Waals surface area (Å²) in [4.78, 5) is 1.68. The second-order valence-corrected chi connectivity index (χ2v) is 6.94. The van der Waals surface area contributed by atoms with Gasteiger partial charge in [-0.25, -0.2) is 0 Å². The molecule has 1 heterocycles. The van der Waals surface area contributed by atoms with Crippen molar-refractivity contribution in [3.05, 3.63) is 53.6 Å². The van der Waals surface area contributed by atoms with Gasteiger partial charge in [-0.2, -0.15) is 18.4 Å². The van der Waals surface area contributed by atoms with Crippen molar-refractivity contribution in [1.82, 2.24) is 0 Å². The molecule has 0 radical (unpaired) electrons. The first-order chi connectivity index (χ1) is 12.8. The van der Waals surface area contributed by atoms with E-state index in [1.165, 1.54) is 0 Å². The first kappa shape index (κ1) is 19.1. The molecule has 0 saturated carbocycles. The van der Waals surface area contributed by atoms with Gasteiger partial charge in [0.1, 0.15) is 11.5 Å². The summed E-state index contributed by atoms with van der Waals surface area (Å²) < 4.78 is 45.2. The maximum Gasteiger partial charge on any atom is 0.393 e. The van der Waals surface area contributed by atoms with Gasteiger partial charge in [-0.05, 0) is 61.7 Å². The quantitative estimate of drug-likeness (QED) is 0.682. The van der Waals surface area contributed by atoms with Crippen LogP contribution in [0.2, 0.25) is 0 Å². The molecule has 0 unspecified atom stereocenters. The van der Waals surface area contributed by atoms with Crippen LogP contribution in [0.25, 0.3) is 0 Å². The van der Waals surface area contributed by atoms with Crippen molar-refractivity contribution in [3.63, 3.8) is 0 Å². The molecule has 1 aliphatic rings. The molecule has 2 aromatic carbocycles. The highest BCUT2D eigenvalue weighted by molar-refractivity contribution is 5.52. The van der Waals surface area contributed by atoms with Crippen LogP contribution in [0.3, 0.4) is 0 Å². The third-order valence-corrected chi connectivity index (χ3v) is 5.16. The van der Waals surface area contributed by atoms with Crippen molar-refractivity contribution in [3.8, 4) is 17.6 Å². The minimum atomic E-state index is -4.24. The lowest BCUT2D eigenvalue weighted by Crippen LogP contribution is -2.30. The van der Waals surface area contributed by atoms with Gasteiger partial charge in [0.05, 0.1) is 18.4 Å². The molecule has 27 heavy (non-hydrogen) atoms. The Bertz CT molecular complexity index is 840. The molecule has 1 saturated heterocycles. The first-order valence-electron chi connectivity index (χ1n) is 8.84. The van der Waals surface area contributed by atoms with E-state index in [1.807, 2.05) is 38.1 Å². The number of anilines is 1. The Labute approximate surface area is 157 Å². The molecular weight excluding hydrogens is 353 g/mol. The maximum absolute atomic E-state index is 13.1. The van der Waals surface area contributed by atoms with Crippen LogP contribution in [0, 0.1) is 31.1 Å². The zero-order valence-electron chi connectivity index (χ0n) is 15.3. The Hall–Kier alpha value is -2.68. The Balaban J connectivity index is 1.78. The zero-order chi connectivity index (χ0) is 19.6. The minimum Gasteiger partial charge on any atom is -0.457 e. The van der Waals surface area contributed by atoms with Crippen LogP contribution in [-0.2, 0) is 0 Å². The van der Waals surface area contributed by atoms with Crippen molar-refractivity contribution in [2.75, 3.05) is 11.4 Å². The number of nitrogens with zero attached hydrogens (tertiary/aromatic N) is 2. The number of hydrogen-bond acceptors (Lipinski definition) is 3. The second kappa shape index (κ2) is 7.51. The number of rotatable bonds is 4. The highest BCUT2D eigenvalue weighted by Crippen LogP contribution is 2.40.